The van der Waals surface area contributed by atoms with Gasteiger partial charge in [-0.25, -0.2) is 17.9 Å². The van der Waals surface area contributed by atoms with Crippen LogP contribution in [0.3, 0.4) is 0 Å². The molecule has 3 aromatic carbocycles. The van der Waals surface area contributed by atoms with Gasteiger partial charge < -0.3 is 0 Å². The van der Waals surface area contributed by atoms with Crippen molar-refractivity contribution in [1.29, 1.82) is 0 Å². The van der Waals surface area contributed by atoms with Gasteiger partial charge in [0.15, 0.2) is 5.82 Å². The molecule has 5 nitrogen and oxygen atoms in total. The molecule has 0 amide bonds. The maximum absolute atomic E-state index is 15.0. The Hall–Kier alpha value is -4.20. The summed E-state index contributed by atoms with van der Waals surface area (Å²) >= 11 is 0. The lowest BCUT2D eigenvalue weighted by Gasteiger charge is -2.19. The highest BCUT2D eigenvalue weighted by molar-refractivity contribution is 5.53. The number of hydrogen-bond acceptors (Lipinski definition) is 2. The van der Waals surface area contributed by atoms with Crippen LogP contribution in [0.2, 0.25) is 0 Å². The number of benzene rings is 3. The Morgan fingerprint density at radius 1 is 1.03 bits per heavy atom. The molecule has 5 rings (SSSR count). The number of halogens is 3. The molecule has 8 heteroatoms. The van der Waals surface area contributed by atoms with Crippen molar-refractivity contribution in [1.82, 2.24) is 15.2 Å². The lowest BCUT2D eigenvalue weighted by Crippen LogP contribution is -2.25. The molecule has 0 aliphatic heterocycles. The molecule has 1 N–H and O–H groups in total. The van der Waals surface area contributed by atoms with Crippen LogP contribution in [0.1, 0.15) is 66.2 Å². The Labute approximate surface area is 225 Å². The molecule has 0 saturated heterocycles. The molecule has 0 spiro atoms. The fourth-order valence-electron chi connectivity index (χ4n) is 5.29. The standard InChI is InChI=1S/C31H30F3N4O/c1-21(23-9-3-2-4-10-23)35-37(39)17-16-29-27-13-6-5-11-24(18-22-8-7-12-25(32)19-22)31(27)38(36-29)30-15-14-26(33)20-28(30)34/h2-4,7-10,12,14-17,19-21,24H,5-6,11,13,18H2,1H3,(H,35,39)/q+1/b17-16+/t21-,24?/m0/s1. The fourth-order valence-corrected chi connectivity index (χ4v) is 5.29. The summed E-state index contributed by atoms with van der Waals surface area (Å²) in [5, 5.41) is 4.71. The number of aromatic nitrogens is 2. The Morgan fingerprint density at radius 3 is 2.59 bits per heavy atom. The molecule has 1 aromatic heterocycles. The fraction of sp³-hybridized carbons (Fsp3) is 0.258. The minimum atomic E-state index is -0.728. The number of hydrogen-bond donors (Lipinski definition) is 1. The lowest BCUT2D eigenvalue weighted by atomic mass is 9.91. The first-order valence-electron chi connectivity index (χ1n) is 13.2. The molecule has 0 saturated carbocycles. The van der Waals surface area contributed by atoms with E-state index in [-0.39, 0.29) is 23.5 Å². The third-order valence-corrected chi connectivity index (χ3v) is 7.17. The summed E-state index contributed by atoms with van der Waals surface area (Å²) in [6.45, 7) is 1.89. The molecule has 1 heterocycles. The van der Waals surface area contributed by atoms with E-state index in [9.17, 15) is 13.7 Å². The van der Waals surface area contributed by atoms with Crippen molar-refractivity contribution in [3.8, 4) is 5.69 Å². The number of rotatable bonds is 8. The maximum atomic E-state index is 15.0. The Bertz CT molecular complexity index is 1500. The Balaban J connectivity index is 1.51. The molecule has 1 aliphatic rings. The van der Waals surface area contributed by atoms with Crippen LogP contribution >= 0.6 is 0 Å². The van der Waals surface area contributed by atoms with E-state index in [1.807, 2.05) is 43.3 Å². The van der Waals surface area contributed by atoms with E-state index in [2.05, 4.69) is 5.43 Å². The zero-order valence-corrected chi connectivity index (χ0v) is 21.7. The van der Waals surface area contributed by atoms with Crippen LogP contribution in [0.5, 0.6) is 0 Å². The average Bonchev–Trinajstić information content (AvgIpc) is 3.14. The zero-order chi connectivity index (χ0) is 27.4. The first kappa shape index (κ1) is 26.4. The van der Waals surface area contributed by atoms with E-state index in [1.165, 1.54) is 35.1 Å². The number of hydrazine groups is 1. The summed E-state index contributed by atoms with van der Waals surface area (Å²) in [6.07, 6.45) is 6.88. The van der Waals surface area contributed by atoms with Gasteiger partial charge in [0.05, 0.1) is 16.3 Å². The van der Waals surface area contributed by atoms with Crippen molar-refractivity contribution in [2.24, 2.45) is 0 Å². The van der Waals surface area contributed by atoms with Crippen LogP contribution in [0, 0.1) is 22.4 Å². The molecule has 1 unspecified atom stereocenters. The molecular weight excluding hydrogens is 501 g/mol. The van der Waals surface area contributed by atoms with E-state index >= 15 is 4.39 Å². The number of nitrogens with one attached hydrogen (secondary N) is 1. The van der Waals surface area contributed by atoms with Gasteiger partial charge >= 0.3 is 0 Å². The molecule has 0 fully saturated rings. The Morgan fingerprint density at radius 2 is 1.82 bits per heavy atom. The van der Waals surface area contributed by atoms with Gasteiger partial charge in [-0.3, -0.25) is 0 Å². The van der Waals surface area contributed by atoms with E-state index in [0.717, 1.165) is 47.7 Å². The molecule has 4 aromatic rings. The van der Waals surface area contributed by atoms with Gasteiger partial charge in [0.1, 0.15) is 28.2 Å². The molecule has 200 valence electrons. The highest BCUT2D eigenvalue weighted by Crippen LogP contribution is 2.37. The zero-order valence-electron chi connectivity index (χ0n) is 21.7. The van der Waals surface area contributed by atoms with Crippen molar-refractivity contribution >= 4 is 6.08 Å². The van der Waals surface area contributed by atoms with Gasteiger partial charge in [-0.1, -0.05) is 48.9 Å². The predicted molar refractivity (Wildman–Crippen MR) is 145 cm³/mol. The third-order valence-electron chi connectivity index (χ3n) is 7.17. The molecule has 1 aliphatic carbocycles. The summed E-state index contributed by atoms with van der Waals surface area (Å²) in [6, 6.07) is 19.3. The monoisotopic (exact) mass is 531 g/mol. The molecule has 39 heavy (non-hydrogen) atoms. The third kappa shape index (κ3) is 6.11. The van der Waals surface area contributed by atoms with Gasteiger partial charge in [0.25, 0.3) is 6.20 Å². The summed E-state index contributed by atoms with van der Waals surface area (Å²) in [4.78, 5) is 13.3. The van der Waals surface area contributed by atoms with Gasteiger partial charge in [-0.05, 0) is 68.0 Å². The summed E-state index contributed by atoms with van der Waals surface area (Å²) < 4.78 is 44.2. The second-order valence-electron chi connectivity index (χ2n) is 9.94. The van der Waals surface area contributed by atoms with Crippen LogP contribution in [-0.2, 0) is 12.8 Å². The van der Waals surface area contributed by atoms with Crippen LogP contribution in [0.4, 0.5) is 13.2 Å². The van der Waals surface area contributed by atoms with Gasteiger partial charge in [0.2, 0.25) is 0 Å². The number of fused-ring (bicyclic) bond motifs is 1. The van der Waals surface area contributed by atoms with Crippen LogP contribution in [0.15, 0.2) is 79.0 Å². The summed E-state index contributed by atoms with van der Waals surface area (Å²) in [5.74, 6) is -1.78. The van der Waals surface area contributed by atoms with E-state index in [4.69, 9.17) is 5.10 Å². The molecule has 2 atom stereocenters. The van der Waals surface area contributed by atoms with Crippen LogP contribution in [0.25, 0.3) is 11.8 Å². The van der Waals surface area contributed by atoms with E-state index in [1.54, 1.807) is 12.1 Å². The molecule has 0 radical (unpaired) electrons. The Kier molecular flexibility index (Phi) is 7.91. The van der Waals surface area contributed by atoms with Crippen molar-refractivity contribution in [3.63, 3.8) is 0 Å². The van der Waals surface area contributed by atoms with Crippen molar-refractivity contribution < 1.29 is 18.0 Å². The van der Waals surface area contributed by atoms with E-state index < -0.39 is 11.6 Å². The highest BCUT2D eigenvalue weighted by atomic mass is 19.1. The average molecular weight is 532 g/mol. The molecule has 0 bridgehead atoms. The summed E-state index contributed by atoms with van der Waals surface area (Å²) in [5.41, 5.74) is 7.09. The van der Waals surface area contributed by atoms with Crippen LogP contribution in [-0.4, -0.2) is 14.6 Å². The minimum Gasteiger partial charge on any atom is -0.234 e. The normalized spacial score (nSPS) is 16.1. The maximum Gasteiger partial charge on any atom is 0.259 e. The topological polar surface area (TPSA) is 49.9 Å². The second kappa shape index (κ2) is 11.7. The van der Waals surface area contributed by atoms with Crippen molar-refractivity contribution in [2.45, 2.75) is 51.0 Å². The quantitative estimate of drug-likeness (QED) is 0.147. The lowest BCUT2D eigenvalue weighted by molar-refractivity contribution is -0.549. The minimum absolute atomic E-state index is 0.0667. The van der Waals surface area contributed by atoms with Gasteiger partial charge in [-0.15, -0.1) is 5.43 Å². The van der Waals surface area contributed by atoms with Crippen molar-refractivity contribution in [3.05, 3.63) is 129 Å². The summed E-state index contributed by atoms with van der Waals surface area (Å²) in [7, 11) is 0. The van der Waals surface area contributed by atoms with Crippen molar-refractivity contribution in [2.75, 3.05) is 0 Å². The predicted octanol–water partition coefficient (Wildman–Crippen LogP) is 7.36. The first-order valence-corrected chi connectivity index (χ1v) is 13.2. The highest BCUT2D eigenvalue weighted by Gasteiger charge is 2.29. The molecular formula is C31H30F3N4O+. The number of nitrogens with zero attached hydrogens (tertiary/aromatic N) is 3. The smallest absolute Gasteiger partial charge is 0.234 e. The van der Waals surface area contributed by atoms with Gasteiger partial charge in [0, 0.05) is 23.6 Å². The van der Waals surface area contributed by atoms with Gasteiger partial charge in [-0.2, -0.15) is 5.10 Å². The van der Waals surface area contributed by atoms with Crippen LogP contribution < -0.4 is 5.43 Å². The van der Waals surface area contributed by atoms with E-state index in [0.29, 0.717) is 23.4 Å². The number of nitroso groups, excluding NO2 is 1. The largest absolute Gasteiger partial charge is 0.259 e. The SMILES string of the molecule is C[C@H](N[N+](=O)/C=C/c1nn(-c2ccc(F)cc2F)c2c1CCCCC2Cc1cccc(F)c1)c1ccccc1. The first-order chi connectivity index (χ1) is 18.9. The second-order valence-corrected chi connectivity index (χ2v) is 9.94.